The van der Waals surface area contributed by atoms with Crippen LogP contribution in [0.25, 0.3) is 0 Å². The number of carbonyl (C=O) groups is 1. The summed E-state index contributed by atoms with van der Waals surface area (Å²) in [6.07, 6.45) is -1.87. The summed E-state index contributed by atoms with van der Waals surface area (Å²) < 4.78 is 37.7. The molecule has 1 aliphatic rings. The lowest BCUT2D eigenvalue weighted by atomic mass is 10.0. The van der Waals surface area contributed by atoms with Gasteiger partial charge in [0.1, 0.15) is 11.4 Å². The number of likely N-dealkylation sites (tertiary alicyclic amines) is 1. The van der Waals surface area contributed by atoms with Crippen LogP contribution in [0.4, 0.5) is 13.2 Å². The highest BCUT2D eigenvalue weighted by atomic mass is 19.4. The molecule has 1 fully saturated rings. The van der Waals surface area contributed by atoms with E-state index in [1.165, 1.54) is 0 Å². The van der Waals surface area contributed by atoms with E-state index in [4.69, 9.17) is 0 Å². The average molecular weight is 379 g/mol. The van der Waals surface area contributed by atoms with Gasteiger partial charge in [0.15, 0.2) is 0 Å². The van der Waals surface area contributed by atoms with Crippen molar-refractivity contribution in [3.05, 3.63) is 59.4 Å². The van der Waals surface area contributed by atoms with Crippen LogP contribution in [0.5, 0.6) is 5.75 Å². The van der Waals surface area contributed by atoms with Crippen molar-refractivity contribution in [2.24, 2.45) is 0 Å². The molecule has 1 aromatic heterocycles. The van der Waals surface area contributed by atoms with Crippen LogP contribution >= 0.6 is 0 Å². The predicted molar refractivity (Wildman–Crippen MR) is 93.1 cm³/mol. The van der Waals surface area contributed by atoms with Crippen LogP contribution < -0.4 is 5.32 Å². The zero-order valence-electron chi connectivity index (χ0n) is 14.5. The van der Waals surface area contributed by atoms with Crippen LogP contribution in [-0.4, -0.2) is 40.0 Å². The molecule has 1 aliphatic heterocycles. The molecule has 0 spiro atoms. The third kappa shape index (κ3) is 5.19. The molecule has 2 heterocycles. The van der Waals surface area contributed by atoms with E-state index >= 15 is 0 Å². The van der Waals surface area contributed by atoms with Gasteiger partial charge in [0.2, 0.25) is 0 Å². The Labute approximate surface area is 154 Å². The molecule has 5 nitrogen and oxygen atoms in total. The van der Waals surface area contributed by atoms with E-state index in [0.717, 1.165) is 43.3 Å². The summed E-state index contributed by atoms with van der Waals surface area (Å²) in [5.41, 5.74) is 0.0658. The molecule has 144 valence electrons. The molecule has 2 N–H and O–H groups in total. The molecule has 2 aromatic rings. The molecular formula is C19H20F3N3O2. The quantitative estimate of drug-likeness (QED) is 0.856. The molecule has 27 heavy (non-hydrogen) atoms. The zero-order chi connectivity index (χ0) is 19.4. The average Bonchev–Trinajstić information content (AvgIpc) is 2.61. The van der Waals surface area contributed by atoms with Crippen LogP contribution in [0.3, 0.4) is 0 Å². The van der Waals surface area contributed by atoms with Crippen molar-refractivity contribution in [1.29, 1.82) is 0 Å². The number of aromatic hydroxyl groups is 1. The normalized spacial score (nSPS) is 18.3. The molecule has 0 saturated carbocycles. The van der Waals surface area contributed by atoms with Gasteiger partial charge in [0, 0.05) is 25.3 Å². The number of halogens is 3. The van der Waals surface area contributed by atoms with E-state index in [1.807, 2.05) is 6.07 Å². The Balaban J connectivity index is 1.57. The number of phenols is 1. The number of phenolic OH excluding ortho intramolecular Hbond substituents is 1. The fraction of sp³-hybridized carbons (Fsp3) is 0.368. The minimum Gasteiger partial charge on any atom is -0.508 e. The Hall–Kier alpha value is -2.61. The van der Waals surface area contributed by atoms with Gasteiger partial charge >= 0.3 is 6.18 Å². The number of hydrogen-bond donors (Lipinski definition) is 2. The van der Waals surface area contributed by atoms with Crippen LogP contribution in [0.1, 0.15) is 34.5 Å². The number of alkyl halides is 3. The van der Waals surface area contributed by atoms with Crippen LogP contribution in [0.15, 0.2) is 42.6 Å². The van der Waals surface area contributed by atoms with Crippen molar-refractivity contribution in [1.82, 2.24) is 15.2 Å². The van der Waals surface area contributed by atoms with Gasteiger partial charge in [-0.25, -0.2) is 0 Å². The first-order valence-corrected chi connectivity index (χ1v) is 8.65. The minimum atomic E-state index is -4.52. The van der Waals surface area contributed by atoms with Crippen LogP contribution in [0, 0.1) is 0 Å². The Kier molecular flexibility index (Phi) is 5.65. The topological polar surface area (TPSA) is 65.5 Å². The van der Waals surface area contributed by atoms with Gasteiger partial charge in [-0.3, -0.25) is 14.7 Å². The number of benzene rings is 1. The highest BCUT2D eigenvalue weighted by Gasteiger charge is 2.32. The molecule has 8 heteroatoms. The number of nitrogens with zero attached hydrogens (tertiary/aromatic N) is 2. The Morgan fingerprint density at radius 1 is 1.30 bits per heavy atom. The first kappa shape index (κ1) is 19.2. The second-order valence-electron chi connectivity index (χ2n) is 6.65. The Morgan fingerprint density at radius 2 is 2.11 bits per heavy atom. The van der Waals surface area contributed by atoms with E-state index in [1.54, 1.807) is 18.2 Å². The van der Waals surface area contributed by atoms with Gasteiger partial charge in [-0.05, 0) is 49.2 Å². The van der Waals surface area contributed by atoms with Crippen molar-refractivity contribution < 1.29 is 23.1 Å². The molecule has 1 saturated heterocycles. The maximum atomic E-state index is 12.6. The van der Waals surface area contributed by atoms with Gasteiger partial charge in [-0.15, -0.1) is 0 Å². The van der Waals surface area contributed by atoms with Crippen LogP contribution in [0.2, 0.25) is 0 Å². The van der Waals surface area contributed by atoms with Gasteiger partial charge in [0.05, 0.1) is 5.56 Å². The van der Waals surface area contributed by atoms with E-state index in [9.17, 15) is 23.1 Å². The molecule has 1 aromatic carbocycles. The summed E-state index contributed by atoms with van der Waals surface area (Å²) in [7, 11) is 0. The zero-order valence-corrected chi connectivity index (χ0v) is 14.5. The lowest BCUT2D eigenvalue weighted by Crippen LogP contribution is -2.47. The molecule has 0 bridgehead atoms. The number of aromatic nitrogens is 1. The molecule has 0 aliphatic carbocycles. The standard InChI is InChI=1S/C19H20F3N3O2/c20-19(21,22)17-7-6-14(10-23-17)18(27)24-15-4-2-8-25(12-15)11-13-3-1-5-16(26)9-13/h1,3,5-7,9-10,15,26H,2,4,8,11-12H2,(H,24,27). The number of amides is 1. The number of carbonyl (C=O) groups excluding carboxylic acids is 1. The van der Waals surface area contributed by atoms with Gasteiger partial charge in [-0.2, -0.15) is 13.2 Å². The van der Waals surface area contributed by atoms with Crippen LogP contribution in [-0.2, 0) is 12.7 Å². The van der Waals surface area contributed by atoms with E-state index in [2.05, 4.69) is 15.2 Å². The summed E-state index contributed by atoms with van der Waals surface area (Å²) in [6, 6.07) is 8.88. The summed E-state index contributed by atoms with van der Waals surface area (Å²) >= 11 is 0. The lowest BCUT2D eigenvalue weighted by molar-refractivity contribution is -0.141. The summed E-state index contributed by atoms with van der Waals surface area (Å²) in [4.78, 5) is 17.8. The van der Waals surface area contributed by atoms with E-state index in [0.29, 0.717) is 13.1 Å². The molecule has 0 radical (unpaired) electrons. The fourth-order valence-electron chi connectivity index (χ4n) is 3.19. The molecule has 3 rings (SSSR count). The largest absolute Gasteiger partial charge is 0.508 e. The summed E-state index contributed by atoms with van der Waals surface area (Å²) in [6.45, 7) is 2.17. The summed E-state index contributed by atoms with van der Waals surface area (Å²) in [5, 5.41) is 12.4. The first-order valence-electron chi connectivity index (χ1n) is 8.65. The predicted octanol–water partition coefficient (Wildman–Crippen LogP) is 3.20. The van der Waals surface area contributed by atoms with Crippen molar-refractivity contribution in [2.75, 3.05) is 13.1 Å². The van der Waals surface area contributed by atoms with E-state index < -0.39 is 17.8 Å². The smallest absolute Gasteiger partial charge is 0.433 e. The highest BCUT2D eigenvalue weighted by molar-refractivity contribution is 5.94. The third-order valence-electron chi connectivity index (χ3n) is 4.47. The fourth-order valence-corrected chi connectivity index (χ4v) is 3.19. The van der Waals surface area contributed by atoms with Gasteiger partial charge in [0.25, 0.3) is 5.91 Å². The number of piperidine rings is 1. The third-order valence-corrected chi connectivity index (χ3v) is 4.47. The molecule has 1 amide bonds. The van der Waals surface area contributed by atoms with Crippen molar-refractivity contribution >= 4 is 5.91 Å². The monoisotopic (exact) mass is 379 g/mol. The van der Waals surface area contributed by atoms with Crippen molar-refractivity contribution in [2.45, 2.75) is 31.6 Å². The highest BCUT2D eigenvalue weighted by Crippen LogP contribution is 2.27. The van der Waals surface area contributed by atoms with Gasteiger partial charge in [-0.1, -0.05) is 12.1 Å². The summed E-state index contributed by atoms with van der Waals surface area (Å²) in [5.74, 6) is -0.218. The number of pyridine rings is 1. The molecule has 1 unspecified atom stereocenters. The number of nitrogens with one attached hydrogen (secondary N) is 1. The Morgan fingerprint density at radius 3 is 2.78 bits per heavy atom. The lowest BCUT2D eigenvalue weighted by Gasteiger charge is -2.33. The first-order chi connectivity index (χ1) is 12.8. The maximum Gasteiger partial charge on any atom is 0.433 e. The minimum absolute atomic E-state index is 0.0918. The maximum absolute atomic E-state index is 12.6. The number of rotatable bonds is 4. The van der Waals surface area contributed by atoms with Crippen molar-refractivity contribution in [3.63, 3.8) is 0 Å². The van der Waals surface area contributed by atoms with Crippen molar-refractivity contribution in [3.8, 4) is 5.75 Å². The molecule has 1 atom stereocenters. The Bertz CT molecular complexity index is 794. The van der Waals surface area contributed by atoms with Gasteiger partial charge < -0.3 is 10.4 Å². The SMILES string of the molecule is O=C(NC1CCCN(Cc2cccc(O)c2)C1)c1ccc(C(F)(F)F)nc1. The van der Waals surface area contributed by atoms with E-state index in [-0.39, 0.29) is 17.4 Å². The second-order valence-corrected chi connectivity index (χ2v) is 6.65. The molecular weight excluding hydrogens is 359 g/mol. The number of hydrogen-bond acceptors (Lipinski definition) is 4. The second kappa shape index (κ2) is 7.96.